The number of hydrogen-bond acceptors (Lipinski definition) is 3. The van der Waals surface area contributed by atoms with E-state index in [4.69, 9.17) is 0 Å². The Morgan fingerprint density at radius 1 is 1.05 bits per heavy atom. The Balaban J connectivity index is 2.15. The second-order valence-electron chi connectivity index (χ2n) is 5.16. The fourth-order valence-corrected chi connectivity index (χ4v) is 2.95. The topological polar surface area (TPSA) is 49.4 Å². The Hall–Kier alpha value is -1.85. The number of rotatable bonds is 5. The largest absolute Gasteiger partial charge is 0.381 e. The van der Waals surface area contributed by atoms with Crippen molar-refractivity contribution in [3.05, 3.63) is 59.7 Å². The molecule has 4 nitrogen and oxygen atoms in total. The van der Waals surface area contributed by atoms with E-state index in [0.717, 1.165) is 11.3 Å². The van der Waals surface area contributed by atoms with Gasteiger partial charge in [0.05, 0.1) is 4.90 Å². The van der Waals surface area contributed by atoms with Gasteiger partial charge in [-0.15, -0.1) is 0 Å². The molecule has 0 bridgehead atoms. The number of anilines is 1. The first-order valence-corrected chi connectivity index (χ1v) is 8.15. The first kappa shape index (κ1) is 15.5. The summed E-state index contributed by atoms with van der Waals surface area (Å²) < 4.78 is 25.4. The minimum Gasteiger partial charge on any atom is -0.381 e. The number of sulfonamides is 1. The molecule has 5 heteroatoms. The van der Waals surface area contributed by atoms with Gasteiger partial charge in [0.2, 0.25) is 10.0 Å². The van der Waals surface area contributed by atoms with Gasteiger partial charge in [0.25, 0.3) is 0 Å². The van der Waals surface area contributed by atoms with Crippen LogP contribution in [0.4, 0.5) is 5.69 Å². The van der Waals surface area contributed by atoms with Gasteiger partial charge in [0.1, 0.15) is 0 Å². The lowest BCUT2D eigenvalue weighted by molar-refractivity contribution is 0.521. The summed E-state index contributed by atoms with van der Waals surface area (Å²) in [7, 11) is -0.336. The number of nitrogens with one attached hydrogen (secondary N) is 1. The van der Waals surface area contributed by atoms with Gasteiger partial charge in [0, 0.05) is 26.3 Å². The molecular weight excluding hydrogens is 284 g/mol. The van der Waals surface area contributed by atoms with Crippen LogP contribution >= 0.6 is 0 Å². The lowest BCUT2D eigenvalue weighted by atomic mass is 10.1. The van der Waals surface area contributed by atoms with Crippen molar-refractivity contribution in [2.24, 2.45) is 0 Å². The maximum absolute atomic E-state index is 12.1. The Labute approximate surface area is 126 Å². The number of aryl methyl sites for hydroxylation is 1. The normalized spacial score (nSPS) is 11.6. The third-order valence-corrected chi connectivity index (χ3v) is 5.00. The molecule has 0 aliphatic heterocycles. The summed E-state index contributed by atoms with van der Waals surface area (Å²) in [6, 6.07) is 15.1. The fourth-order valence-electron chi connectivity index (χ4n) is 2.00. The van der Waals surface area contributed by atoms with E-state index in [2.05, 4.69) is 11.4 Å². The molecule has 0 saturated heterocycles. The van der Waals surface area contributed by atoms with Crippen LogP contribution in [0.5, 0.6) is 0 Å². The van der Waals surface area contributed by atoms with Gasteiger partial charge in [-0.3, -0.25) is 0 Å². The highest BCUT2D eigenvalue weighted by atomic mass is 32.2. The minimum atomic E-state index is -3.40. The molecule has 112 valence electrons. The molecule has 2 aromatic rings. The molecule has 0 radical (unpaired) electrons. The van der Waals surface area contributed by atoms with Gasteiger partial charge >= 0.3 is 0 Å². The molecule has 0 aliphatic carbocycles. The molecule has 0 fully saturated rings. The molecule has 0 unspecified atom stereocenters. The maximum Gasteiger partial charge on any atom is 0.242 e. The summed E-state index contributed by atoms with van der Waals surface area (Å²) in [4.78, 5) is 0.293. The molecule has 0 heterocycles. The Kier molecular flexibility index (Phi) is 4.65. The monoisotopic (exact) mass is 304 g/mol. The second-order valence-corrected chi connectivity index (χ2v) is 7.31. The lowest BCUT2D eigenvalue weighted by Crippen LogP contribution is -2.22. The van der Waals surface area contributed by atoms with Crippen LogP contribution in [-0.4, -0.2) is 26.8 Å². The third-order valence-electron chi connectivity index (χ3n) is 3.19. The van der Waals surface area contributed by atoms with Crippen LogP contribution in [0, 0.1) is 6.92 Å². The number of hydrogen-bond donors (Lipinski definition) is 1. The van der Waals surface area contributed by atoms with Gasteiger partial charge in [0.15, 0.2) is 0 Å². The summed E-state index contributed by atoms with van der Waals surface area (Å²) in [5.74, 6) is 0. The third kappa shape index (κ3) is 3.83. The van der Waals surface area contributed by atoms with Crippen LogP contribution in [-0.2, 0) is 16.6 Å². The molecule has 2 aromatic carbocycles. The van der Waals surface area contributed by atoms with E-state index in [1.807, 2.05) is 31.2 Å². The summed E-state index contributed by atoms with van der Waals surface area (Å²) in [5, 5.41) is 3.26. The lowest BCUT2D eigenvalue weighted by Gasteiger charge is -2.13. The van der Waals surface area contributed by atoms with Crippen LogP contribution < -0.4 is 5.32 Å². The van der Waals surface area contributed by atoms with E-state index in [-0.39, 0.29) is 0 Å². The van der Waals surface area contributed by atoms with Crippen molar-refractivity contribution in [2.75, 3.05) is 19.4 Å². The van der Waals surface area contributed by atoms with Crippen LogP contribution in [0.1, 0.15) is 11.1 Å². The molecule has 2 rings (SSSR count). The van der Waals surface area contributed by atoms with Gasteiger partial charge in [-0.2, -0.15) is 0 Å². The number of nitrogens with zero attached hydrogens (tertiary/aromatic N) is 1. The predicted octanol–water partition coefficient (Wildman–Crippen LogP) is 2.86. The van der Waals surface area contributed by atoms with Crippen molar-refractivity contribution < 1.29 is 8.42 Å². The molecular formula is C16H20N2O2S. The summed E-state index contributed by atoms with van der Waals surface area (Å²) in [6.07, 6.45) is 0. The molecule has 0 aromatic heterocycles. The van der Waals surface area contributed by atoms with Crippen molar-refractivity contribution in [1.29, 1.82) is 0 Å². The maximum atomic E-state index is 12.1. The van der Waals surface area contributed by atoms with E-state index in [9.17, 15) is 8.42 Å². The van der Waals surface area contributed by atoms with Crippen LogP contribution in [0.25, 0.3) is 0 Å². The smallest absolute Gasteiger partial charge is 0.242 e. The fraction of sp³-hybridized carbons (Fsp3) is 0.250. The zero-order chi connectivity index (χ0) is 15.5. The summed E-state index contributed by atoms with van der Waals surface area (Å²) in [5.41, 5.74) is 3.16. The van der Waals surface area contributed by atoms with E-state index in [1.54, 1.807) is 18.2 Å². The molecule has 21 heavy (non-hydrogen) atoms. The minimum absolute atomic E-state index is 0.293. The van der Waals surface area contributed by atoms with E-state index in [0.29, 0.717) is 11.4 Å². The van der Waals surface area contributed by atoms with Crippen molar-refractivity contribution in [1.82, 2.24) is 4.31 Å². The first-order chi connectivity index (χ1) is 9.89. The highest BCUT2D eigenvalue weighted by molar-refractivity contribution is 7.89. The first-order valence-electron chi connectivity index (χ1n) is 6.71. The number of benzene rings is 2. The average molecular weight is 304 g/mol. The van der Waals surface area contributed by atoms with Crippen molar-refractivity contribution in [3.8, 4) is 0 Å². The van der Waals surface area contributed by atoms with Gasteiger partial charge in [-0.05, 0) is 30.7 Å². The zero-order valence-corrected chi connectivity index (χ0v) is 13.3. The average Bonchev–Trinajstić information content (AvgIpc) is 2.45. The van der Waals surface area contributed by atoms with Crippen LogP contribution in [0.15, 0.2) is 53.4 Å². The molecule has 0 amide bonds. The highest BCUT2D eigenvalue weighted by Gasteiger charge is 2.16. The Morgan fingerprint density at radius 2 is 1.76 bits per heavy atom. The van der Waals surface area contributed by atoms with Crippen LogP contribution in [0.3, 0.4) is 0 Å². The van der Waals surface area contributed by atoms with Crippen LogP contribution in [0.2, 0.25) is 0 Å². The van der Waals surface area contributed by atoms with Gasteiger partial charge < -0.3 is 5.32 Å². The van der Waals surface area contributed by atoms with E-state index in [1.165, 1.54) is 24.0 Å². The SMILES string of the molecule is Cc1cccc(CNc2cccc(S(=O)(=O)N(C)C)c2)c1. The zero-order valence-electron chi connectivity index (χ0n) is 12.5. The highest BCUT2D eigenvalue weighted by Crippen LogP contribution is 2.18. The van der Waals surface area contributed by atoms with E-state index < -0.39 is 10.0 Å². The Morgan fingerprint density at radius 3 is 2.43 bits per heavy atom. The van der Waals surface area contributed by atoms with Crippen molar-refractivity contribution in [3.63, 3.8) is 0 Å². The standard InChI is InChI=1S/C16H20N2O2S/c1-13-6-4-7-14(10-13)12-17-15-8-5-9-16(11-15)21(19,20)18(2)3/h4-11,17H,12H2,1-3H3. The van der Waals surface area contributed by atoms with Crippen molar-refractivity contribution >= 4 is 15.7 Å². The second kappa shape index (κ2) is 6.28. The molecule has 1 N–H and O–H groups in total. The van der Waals surface area contributed by atoms with E-state index >= 15 is 0 Å². The summed E-state index contributed by atoms with van der Waals surface area (Å²) >= 11 is 0. The molecule has 0 atom stereocenters. The predicted molar refractivity (Wildman–Crippen MR) is 85.8 cm³/mol. The molecule has 0 spiro atoms. The summed E-state index contributed by atoms with van der Waals surface area (Å²) in [6.45, 7) is 2.71. The quantitative estimate of drug-likeness (QED) is 0.924. The Bertz CT molecular complexity index is 725. The van der Waals surface area contributed by atoms with Gasteiger partial charge in [-0.25, -0.2) is 12.7 Å². The molecule has 0 aliphatic rings. The van der Waals surface area contributed by atoms with Crippen molar-refractivity contribution in [2.45, 2.75) is 18.4 Å². The molecule has 0 saturated carbocycles. The van der Waals surface area contributed by atoms with Gasteiger partial charge in [-0.1, -0.05) is 35.9 Å².